The Kier molecular flexibility index (Phi) is 9.17. The van der Waals surface area contributed by atoms with Crippen molar-refractivity contribution in [3.63, 3.8) is 0 Å². The van der Waals surface area contributed by atoms with Crippen LogP contribution in [0.4, 0.5) is 17.1 Å². The van der Waals surface area contributed by atoms with E-state index in [1.54, 1.807) is 0 Å². The molecule has 0 saturated heterocycles. The van der Waals surface area contributed by atoms with Crippen molar-refractivity contribution < 1.29 is 8.83 Å². The topological polar surface area (TPSA) is 29.5 Å². The molecule has 2 heterocycles. The molecule has 67 heavy (non-hydrogen) atoms. The third-order valence-electron chi connectivity index (χ3n) is 13.3. The van der Waals surface area contributed by atoms with E-state index in [1.165, 1.54) is 5.56 Å². The maximum atomic E-state index is 6.99. The van der Waals surface area contributed by atoms with Gasteiger partial charge in [-0.2, -0.15) is 0 Å². The molecule has 0 aliphatic carbocycles. The molecule has 0 aliphatic heterocycles. The summed E-state index contributed by atoms with van der Waals surface area (Å²) in [5, 5.41) is 6.64. The van der Waals surface area contributed by atoms with Gasteiger partial charge in [-0.05, 0) is 111 Å². The van der Waals surface area contributed by atoms with Crippen LogP contribution in [-0.2, 0) is 0 Å². The van der Waals surface area contributed by atoms with Crippen LogP contribution in [0, 0.1) is 0 Å². The third-order valence-corrected chi connectivity index (χ3v) is 13.3. The second-order valence-corrected chi connectivity index (χ2v) is 17.2. The van der Waals surface area contributed by atoms with Crippen LogP contribution in [0.15, 0.2) is 258 Å². The standard InChI is InChI=1S/C64H41NO2/c1-4-15-42(16-5-1)45-27-32-51(33-28-45)65(52-34-29-47(30-35-52)54-24-14-25-56-55-23-12-13-26-61(55)66-63(54)56)60-41-62-59(57-36-31-46-21-10-11-22-53(46)64(57)67-62)40-58(60)50-38-48(43-17-6-2-7-18-43)37-49(39-50)44-19-8-3-9-20-44/h1-41H. The summed E-state index contributed by atoms with van der Waals surface area (Å²) in [6.07, 6.45) is 0. The van der Waals surface area contributed by atoms with Gasteiger partial charge in [0.25, 0.3) is 0 Å². The minimum absolute atomic E-state index is 0.826. The first-order valence-corrected chi connectivity index (χ1v) is 22.8. The lowest BCUT2D eigenvalue weighted by molar-refractivity contribution is 0.670. The van der Waals surface area contributed by atoms with E-state index >= 15 is 0 Å². The molecule has 13 rings (SSSR count). The number of fused-ring (bicyclic) bond motifs is 8. The van der Waals surface area contributed by atoms with Crippen LogP contribution in [0.5, 0.6) is 0 Å². The molecular formula is C64H41NO2. The summed E-state index contributed by atoms with van der Waals surface area (Å²) in [5.74, 6) is 0. The normalized spacial score (nSPS) is 11.6. The van der Waals surface area contributed by atoms with Crippen molar-refractivity contribution in [1.29, 1.82) is 0 Å². The molecule has 0 radical (unpaired) electrons. The van der Waals surface area contributed by atoms with Crippen LogP contribution in [0.1, 0.15) is 0 Å². The van der Waals surface area contributed by atoms with Gasteiger partial charge in [-0.25, -0.2) is 0 Å². The zero-order chi connectivity index (χ0) is 44.3. The number of nitrogens with zero attached hydrogens (tertiary/aromatic N) is 1. The zero-order valence-electron chi connectivity index (χ0n) is 36.4. The fourth-order valence-corrected chi connectivity index (χ4v) is 9.96. The highest BCUT2D eigenvalue weighted by atomic mass is 16.3. The van der Waals surface area contributed by atoms with Crippen LogP contribution < -0.4 is 4.90 Å². The lowest BCUT2D eigenvalue weighted by Gasteiger charge is -2.28. The second kappa shape index (κ2) is 16.0. The first-order chi connectivity index (χ1) is 33.2. The van der Waals surface area contributed by atoms with Crippen molar-refractivity contribution in [2.24, 2.45) is 0 Å². The zero-order valence-corrected chi connectivity index (χ0v) is 36.4. The average Bonchev–Trinajstić information content (AvgIpc) is 3.98. The maximum absolute atomic E-state index is 6.99. The van der Waals surface area contributed by atoms with Gasteiger partial charge >= 0.3 is 0 Å². The molecule has 0 fully saturated rings. The summed E-state index contributed by atoms with van der Waals surface area (Å²) in [6.45, 7) is 0. The van der Waals surface area contributed by atoms with E-state index < -0.39 is 0 Å². The first-order valence-electron chi connectivity index (χ1n) is 22.8. The van der Waals surface area contributed by atoms with Gasteiger partial charge in [0, 0.05) is 55.5 Å². The Balaban J connectivity index is 1.07. The van der Waals surface area contributed by atoms with Crippen molar-refractivity contribution in [2.75, 3.05) is 4.90 Å². The lowest BCUT2D eigenvalue weighted by Crippen LogP contribution is -2.11. The molecule has 3 heteroatoms. The number of para-hydroxylation sites is 2. The van der Waals surface area contributed by atoms with Crippen LogP contribution in [0.3, 0.4) is 0 Å². The lowest BCUT2D eigenvalue weighted by atomic mass is 9.91. The average molecular weight is 856 g/mol. The summed E-state index contributed by atoms with van der Waals surface area (Å²) >= 11 is 0. The summed E-state index contributed by atoms with van der Waals surface area (Å²) in [5.41, 5.74) is 17.8. The predicted molar refractivity (Wildman–Crippen MR) is 280 cm³/mol. The molecule has 0 bridgehead atoms. The summed E-state index contributed by atoms with van der Waals surface area (Å²) in [6, 6.07) is 89.0. The molecule has 11 aromatic carbocycles. The van der Waals surface area contributed by atoms with Crippen molar-refractivity contribution in [1.82, 2.24) is 0 Å². The number of hydrogen-bond donors (Lipinski definition) is 0. The first kappa shape index (κ1) is 38.5. The van der Waals surface area contributed by atoms with Gasteiger partial charge in [-0.3, -0.25) is 0 Å². The Labute approximate surface area is 388 Å². The van der Waals surface area contributed by atoms with Gasteiger partial charge in [-0.1, -0.05) is 182 Å². The number of furan rings is 2. The summed E-state index contributed by atoms with van der Waals surface area (Å²) in [4.78, 5) is 2.39. The van der Waals surface area contributed by atoms with E-state index in [0.717, 1.165) is 122 Å². The Morgan fingerprint density at radius 1 is 0.254 bits per heavy atom. The van der Waals surface area contributed by atoms with E-state index in [0.29, 0.717) is 0 Å². The highest BCUT2D eigenvalue weighted by Gasteiger charge is 2.23. The van der Waals surface area contributed by atoms with Gasteiger partial charge in [0.1, 0.15) is 22.3 Å². The minimum Gasteiger partial charge on any atom is -0.455 e. The monoisotopic (exact) mass is 855 g/mol. The van der Waals surface area contributed by atoms with E-state index in [9.17, 15) is 0 Å². The van der Waals surface area contributed by atoms with E-state index in [-0.39, 0.29) is 0 Å². The fourth-order valence-electron chi connectivity index (χ4n) is 9.96. The molecule has 314 valence electrons. The Bertz CT molecular complexity index is 3890. The Morgan fingerprint density at radius 3 is 1.43 bits per heavy atom. The molecule has 2 aromatic heterocycles. The number of hydrogen-bond acceptors (Lipinski definition) is 3. The van der Waals surface area contributed by atoms with Crippen LogP contribution in [0.2, 0.25) is 0 Å². The van der Waals surface area contributed by atoms with E-state index in [1.807, 2.05) is 12.1 Å². The molecular weight excluding hydrogens is 815 g/mol. The number of anilines is 3. The van der Waals surface area contributed by atoms with Gasteiger partial charge in [-0.15, -0.1) is 0 Å². The summed E-state index contributed by atoms with van der Waals surface area (Å²) in [7, 11) is 0. The SMILES string of the molecule is c1ccc(-c2ccc(N(c3ccc(-c4cccc5c4oc4ccccc45)cc3)c3cc4oc5c6ccccc6ccc5c4cc3-c3cc(-c4ccccc4)cc(-c4ccccc4)c3)cc2)cc1. The van der Waals surface area contributed by atoms with Crippen LogP contribution >= 0.6 is 0 Å². The number of rotatable bonds is 8. The minimum atomic E-state index is 0.826. The highest BCUT2D eigenvalue weighted by Crippen LogP contribution is 2.48. The second-order valence-electron chi connectivity index (χ2n) is 17.2. The van der Waals surface area contributed by atoms with Gasteiger partial charge in [0.05, 0.1) is 5.69 Å². The largest absolute Gasteiger partial charge is 0.455 e. The molecule has 0 saturated carbocycles. The summed E-state index contributed by atoms with van der Waals surface area (Å²) < 4.78 is 13.5. The molecule has 0 amide bonds. The molecule has 0 N–H and O–H groups in total. The molecule has 0 spiro atoms. The highest BCUT2D eigenvalue weighted by molar-refractivity contribution is 6.17. The van der Waals surface area contributed by atoms with Crippen molar-refractivity contribution in [3.8, 4) is 55.6 Å². The Morgan fingerprint density at radius 2 is 0.761 bits per heavy atom. The van der Waals surface area contributed by atoms with E-state index in [4.69, 9.17) is 8.83 Å². The fraction of sp³-hybridized carbons (Fsp3) is 0. The smallest absolute Gasteiger partial charge is 0.143 e. The van der Waals surface area contributed by atoms with E-state index in [2.05, 4.69) is 241 Å². The predicted octanol–water partition coefficient (Wildman–Crippen LogP) is 18.4. The van der Waals surface area contributed by atoms with Gasteiger partial charge in [0.2, 0.25) is 0 Å². The van der Waals surface area contributed by atoms with Crippen molar-refractivity contribution in [3.05, 3.63) is 249 Å². The van der Waals surface area contributed by atoms with Gasteiger partial charge < -0.3 is 13.7 Å². The Hall–Kier alpha value is -8.92. The third kappa shape index (κ3) is 6.76. The van der Waals surface area contributed by atoms with Crippen molar-refractivity contribution in [2.45, 2.75) is 0 Å². The van der Waals surface area contributed by atoms with Crippen LogP contribution in [-0.4, -0.2) is 0 Å². The molecule has 0 atom stereocenters. The maximum Gasteiger partial charge on any atom is 0.143 e. The van der Waals surface area contributed by atoms with Crippen LogP contribution in [0.25, 0.3) is 110 Å². The van der Waals surface area contributed by atoms with Crippen molar-refractivity contribution >= 4 is 71.7 Å². The van der Waals surface area contributed by atoms with Gasteiger partial charge in [0.15, 0.2) is 0 Å². The number of benzene rings is 11. The quantitative estimate of drug-likeness (QED) is 0.152. The molecule has 0 aliphatic rings. The molecule has 0 unspecified atom stereocenters. The molecule has 3 nitrogen and oxygen atoms in total. The molecule has 13 aromatic rings.